The molecule has 1 fully saturated rings. The van der Waals surface area contributed by atoms with Crippen LogP contribution >= 0.6 is 11.3 Å². The molecule has 4 rings (SSSR count). The first-order valence-electron chi connectivity index (χ1n) is 8.65. The van der Waals surface area contributed by atoms with Crippen molar-refractivity contribution in [3.05, 3.63) is 52.2 Å². The third-order valence-corrected chi connectivity index (χ3v) is 5.73. The van der Waals surface area contributed by atoms with Crippen LogP contribution in [0.5, 0.6) is 5.75 Å². The molecule has 2 aliphatic rings. The van der Waals surface area contributed by atoms with Crippen molar-refractivity contribution in [3.8, 4) is 5.75 Å². The number of nitrogens with zero attached hydrogens (tertiary/aromatic N) is 3. The number of amides is 1. The van der Waals surface area contributed by atoms with E-state index in [2.05, 4.69) is 10.0 Å². The van der Waals surface area contributed by atoms with E-state index in [1.807, 2.05) is 29.6 Å². The molecule has 0 aliphatic carbocycles. The molecule has 0 saturated carbocycles. The summed E-state index contributed by atoms with van der Waals surface area (Å²) in [6, 6.07) is 11.0. The van der Waals surface area contributed by atoms with Crippen LogP contribution in [0, 0.1) is 0 Å². The zero-order valence-electron chi connectivity index (χ0n) is 14.0. The van der Waals surface area contributed by atoms with Gasteiger partial charge in [-0.25, -0.2) is 5.01 Å². The van der Waals surface area contributed by atoms with Gasteiger partial charge in [0.05, 0.1) is 23.2 Å². The van der Waals surface area contributed by atoms with Gasteiger partial charge in [-0.15, -0.1) is 11.3 Å². The lowest BCUT2D eigenvalue weighted by Gasteiger charge is -2.24. The van der Waals surface area contributed by atoms with Gasteiger partial charge in [0.25, 0.3) is 5.91 Å². The number of likely N-dealkylation sites (tertiary alicyclic amines) is 1. The molecule has 1 N–H and O–H groups in total. The zero-order chi connectivity index (χ0) is 17.2. The highest BCUT2D eigenvalue weighted by atomic mass is 32.1. The maximum absolute atomic E-state index is 12.9. The van der Waals surface area contributed by atoms with Crippen LogP contribution in [-0.2, 0) is 4.79 Å². The quantitative estimate of drug-likeness (QED) is 0.916. The lowest BCUT2D eigenvalue weighted by Crippen LogP contribution is -2.36. The predicted octanol–water partition coefficient (Wildman–Crippen LogP) is 3.23. The Morgan fingerprint density at radius 1 is 1.20 bits per heavy atom. The van der Waals surface area contributed by atoms with E-state index in [1.165, 1.54) is 12.8 Å². The van der Waals surface area contributed by atoms with E-state index >= 15 is 0 Å². The van der Waals surface area contributed by atoms with Gasteiger partial charge in [0.1, 0.15) is 5.75 Å². The molecular formula is C19H21N3O2S. The fraction of sp³-hybridized carbons (Fsp3) is 0.368. The van der Waals surface area contributed by atoms with E-state index in [0.717, 1.165) is 29.2 Å². The molecule has 1 aromatic heterocycles. The van der Waals surface area contributed by atoms with Gasteiger partial charge in [-0.3, -0.25) is 9.69 Å². The molecule has 1 amide bonds. The Kier molecular flexibility index (Phi) is 4.55. The number of hydrazone groups is 1. The molecule has 0 bridgehead atoms. The van der Waals surface area contributed by atoms with Gasteiger partial charge in [0.15, 0.2) is 0 Å². The highest BCUT2D eigenvalue weighted by Gasteiger charge is 2.34. The van der Waals surface area contributed by atoms with Crippen molar-refractivity contribution in [1.82, 2.24) is 9.91 Å². The standard InChI is InChI=1S/C19H21N3O2S/c23-15-7-5-14(6-8-15)17-12-16(18-4-3-11-25-18)20-22(17)19(24)13-21-9-1-2-10-21/h3-8,11,17,23H,1-2,9-10,12-13H2/t17-/m0/s1. The van der Waals surface area contributed by atoms with Crippen LogP contribution in [0.2, 0.25) is 0 Å². The van der Waals surface area contributed by atoms with Gasteiger partial charge in [0, 0.05) is 6.42 Å². The summed E-state index contributed by atoms with van der Waals surface area (Å²) < 4.78 is 0. The number of aromatic hydroxyl groups is 1. The van der Waals surface area contributed by atoms with Gasteiger partial charge in [0.2, 0.25) is 0 Å². The van der Waals surface area contributed by atoms with E-state index in [4.69, 9.17) is 0 Å². The fourth-order valence-electron chi connectivity index (χ4n) is 3.49. The maximum Gasteiger partial charge on any atom is 0.257 e. The van der Waals surface area contributed by atoms with Crippen molar-refractivity contribution in [1.29, 1.82) is 0 Å². The van der Waals surface area contributed by atoms with Crippen molar-refractivity contribution in [2.45, 2.75) is 25.3 Å². The average Bonchev–Trinajstić information content (AvgIpc) is 3.36. The first-order chi connectivity index (χ1) is 12.2. The number of carbonyl (C=O) groups excluding carboxylic acids is 1. The molecule has 1 atom stereocenters. The summed E-state index contributed by atoms with van der Waals surface area (Å²) in [5, 5.41) is 17.9. The number of phenols is 1. The summed E-state index contributed by atoms with van der Waals surface area (Å²) in [5.74, 6) is 0.280. The fourth-order valence-corrected chi connectivity index (χ4v) is 4.21. The molecule has 3 heterocycles. The van der Waals surface area contributed by atoms with Crippen molar-refractivity contribution >= 4 is 23.0 Å². The summed E-state index contributed by atoms with van der Waals surface area (Å²) in [4.78, 5) is 16.2. The number of hydrogen-bond acceptors (Lipinski definition) is 5. The Morgan fingerprint density at radius 3 is 2.64 bits per heavy atom. The van der Waals surface area contributed by atoms with Gasteiger partial charge in [-0.1, -0.05) is 18.2 Å². The zero-order valence-corrected chi connectivity index (χ0v) is 14.8. The highest BCUT2D eigenvalue weighted by molar-refractivity contribution is 7.12. The molecule has 2 aliphatic heterocycles. The monoisotopic (exact) mass is 355 g/mol. The van der Waals surface area contributed by atoms with Crippen LogP contribution in [0.25, 0.3) is 0 Å². The molecule has 25 heavy (non-hydrogen) atoms. The molecule has 0 radical (unpaired) electrons. The van der Waals surface area contributed by atoms with Crippen LogP contribution in [0.4, 0.5) is 0 Å². The molecule has 0 unspecified atom stereocenters. The van der Waals surface area contributed by atoms with Crippen LogP contribution in [0.1, 0.15) is 35.7 Å². The van der Waals surface area contributed by atoms with E-state index in [9.17, 15) is 9.90 Å². The Labute approximate surface area is 151 Å². The Hall–Kier alpha value is -2.18. The van der Waals surface area contributed by atoms with Crippen molar-refractivity contribution < 1.29 is 9.90 Å². The maximum atomic E-state index is 12.9. The predicted molar refractivity (Wildman–Crippen MR) is 98.8 cm³/mol. The Bertz CT molecular complexity index is 764. The number of benzene rings is 1. The second-order valence-electron chi connectivity index (χ2n) is 6.56. The topological polar surface area (TPSA) is 56.1 Å². The molecule has 5 nitrogen and oxygen atoms in total. The van der Waals surface area contributed by atoms with Crippen LogP contribution in [0.15, 0.2) is 46.9 Å². The number of phenolic OH excluding ortho intramolecular Hbond substituents is 1. The summed E-state index contributed by atoms with van der Waals surface area (Å²) in [5.41, 5.74) is 1.96. The molecule has 130 valence electrons. The Balaban J connectivity index is 1.59. The van der Waals surface area contributed by atoms with Gasteiger partial charge in [-0.2, -0.15) is 5.10 Å². The number of carbonyl (C=O) groups is 1. The van der Waals surface area contributed by atoms with Crippen molar-refractivity contribution in [3.63, 3.8) is 0 Å². The summed E-state index contributed by atoms with van der Waals surface area (Å²) in [6.07, 6.45) is 3.04. The van der Waals surface area contributed by atoms with Crippen LogP contribution in [0.3, 0.4) is 0 Å². The lowest BCUT2D eigenvalue weighted by molar-refractivity contribution is -0.134. The summed E-state index contributed by atoms with van der Waals surface area (Å²) in [7, 11) is 0. The smallest absolute Gasteiger partial charge is 0.257 e. The lowest BCUT2D eigenvalue weighted by atomic mass is 10.0. The molecule has 0 spiro atoms. The normalized spacial score (nSPS) is 20.9. The molecular weight excluding hydrogens is 334 g/mol. The molecule has 1 aromatic carbocycles. The minimum Gasteiger partial charge on any atom is -0.508 e. The molecule has 6 heteroatoms. The first-order valence-corrected chi connectivity index (χ1v) is 9.53. The van der Waals surface area contributed by atoms with Gasteiger partial charge >= 0.3 is 0 Å². The second-order valence-corrected chi connectivity index (χ2v) is 7.50. The largest absolute Gasteiger partial charge is 0.508 e. The molecule has 1 saturated heterocycles. The highest BCUT2D eigenvalue weighted by Crippen LogP contribution is 2.34. The Morgan fingerprint density at radius 2 is 1.96 bits per heavy atom. The summed E-state index contributed by atoms with van der Waals surface area (Å²) >= 11 is 1.65. The van der Waals surface area contributed by atoms with E-state index in [1.54, 1.807) is 28.5 Å². The van der Waals surface area contributed by atoms with Crippen LogP contribution in [-0.4, -0.2) is 46.3 Å². The number of thiophene rings is 1. The van der Waals surface area contributed by atoms with Gasteiger partial charge < -0.3 is 5.11 Å². The van der Waals surface area contributed by atoms with Crippen molar-refractivity contribution in [2.24, 2.45) is 5.10 Å². The summed E-state index contributed by atoms with van der Waals surface area (Å²) in [6.45, 7) is 2.41. The van der Waals surface area contributed by atoms with E-state index in [0.29, 0.717) is 13.0 Å². The third-order valence-electron chi connectivity index (χ3n) is 4.81. The van der Waals surface area contributed by atoms with E-state index < -0.39 is 0 Å². The van der Waals surface area contributed by atoms with Crippen molar-refractivity contribution in [2.75, 3.05) is 19.6 Å². The van der Waals surface area contributed by atoms with Gasteiger partial charge in [-0.05, 0) is 55.1 Å². The average molecular weight is 355 g/mol. The minimum absolute atomic E-state index is 0.0477. The number of hydrogen-bond donors (Lipinski definition) is 1. The first kappa shape index (κ1) is 16.3. The number of rotatable bonds is 4. The van der Waals surface area contributed by atoms with Crippen LogP contribution < -0.4 is 0 Å². The molecule has 2 aromatic rings. The van der Waals surface area contributed by atoms with E-state index in [-0.39, 0.29) is 17.7 Å². The second kappa shape index (κ2) is 6.98. The minimum atomic E-state index is -0.104. The SMILES string of the molecule is O=C(CN1CCCC1)N1N=C(c2cccs2)C[C@H]1c1ccc(O)cc1. The third kappa shape index (κ3) is 3.45.